The fourth-order valence-corrected chi connectivity index (χ4v) is 6.54. The van der Waals surface area contributed by atoms with Gasteiger partial charge in [-0.05, 0) is 81.3 Å². The molecule has 2 atom stereocenters. The summed E-state index contributed by atoms with van der Waals surface area (Å²) in [5, 5.41) is 3.63. The number of hydrogen-bond donors (Lipinski definition) is 0. The van der Waals surface area contributed by atoms with Gasteiger partial charge in [-0.2, -0.15) is 0 Å². The lowest BCUT2D eigenvalue weighted by Gasteiger charge is -2.26. The molecule has 43 heavy (non-hydrogen) atoms. The number of aromatic nitrogens is 2. The van der Waals surface area contributed by atoms with Crippen molar-refractivity contribution in [1.29, 1.82) is 0 Å². The molecule has 0 radical (unpaired) electrons. The Morgan fingerprint density at radius 1 is 0.628 bits per heavy atom. The fraction of sp³-hybridized carbons (Fsp3) is 0.222. The van der Waals surface area contributed by atoms with Crippen LogP contribution in [-0.4, -0.2) is 47.1 Å². The molecule has 0 aliphatic heterocycles. The van der Waals surface area contributed by atoms with E-state index in [0.717, 1.165) is 21.5 Å². The van der Waals surface area contributed by atoms with Gasteiger partial charge in [-0.1, -0.05) is 77.8 Å². The Morgan fingerprint density at radius 2 is 1.14 bits per heavy atom. The van der Waals surface area contributed by atoms with Crippen LogP contribution >= 0.6 is 23.2 Å². The number of aryl methyl sites for hydroxylation is 2. The van der Waals surface area contributed by atoms with Gasteiger partial charge < -0.3 is 9.13 Å². The van der Waals surface area contributed by atoms with E-state index in [1.807, 2.05) is 56.4 Å². The van der Waals surface area contributed by atoms with Crippen molar-refractivity contribution in [2.75, 3.05) is 28.2 Å². The van der Waals surface area contributed by atoms with Gasteiger partial charge in [0.25, 0.3) is 0 Å². The summed E-state index contributed by atoms with van der Waals surface area (Å²) in [7, 11) is 12.2. The molecule has 4 nitrogen and oxygen atoms in total. The standard InChI is InChI=1S/C18H18ClFN2.C18H19ClN2/c1-21(2)18(17-14(19)8-6-9-15(17)20)13-11-22(3)16-10-5-4-7-12(13)16;1-20(2)18(13-7-6-8-14(19)11-13)16-12-21(3)17-10-5-4-9-15(16)17/h4-11,18H,1-3H3;4-12,18H,1-3H3. The molecule has 0 fully saturated rings. The maximum absolute atomic E-state index is 14.4. The number of nitrogens with zero attached hydrogens (tertiary/aromatic N) is 4. The highest BCUT2D eigenvalue weighted by Gasteiger charge is 2.26. The van der Waals surface area contributed by atoms with Gasteiger partial charge in [0.2, 0.25) is 0 Å². The van der Waals surface area contributed by atoms with Crippen molar-refractivity contribution in [1.82, 2.24) is 18.9 Å². The topological polar surface area (TPSA) is 16.3 Å². The zero-order valence-electron chi connectivity index (χ0n) is 25.4. The van der Waals surface area contributed by atoms with E-state index in [9.17, 15) is 4.39 Å². The summed E-state index contributed by atoms with van der Waals surface area (Å²) >= 11 is 12.5. The van der Waals surface area contributed by atoms with Crippen molar-refractivity contribution in [2.45, 2.75) is 12.1 Å². The zero-order chi connectivity index (χ0) is 30.8. The molecule has 4 aromatic carbocycles. The van der Waals surface area contributed by atoms with E-state index in [0.29, 0.717) is 10.6 Å². The molecule has 0 aliphatic rings. The summed E-state index contributed by atoms with van der Waals surface area (Å²) < 4.78 is 18.7. The minimum Gasteiger partial charge on any atom is -0.350 e. The van der Waals surface area contributed by atoms with Crippen molar-refractivity contribution in [3.05, 3.63) is 142 Å². The van der Waals surface area contributed by atoms with Crippen molar-refractivity contribution in [3.63, 3.8) is 0 Å². The summed E-state index contributed by atoms with van der Waals surface area (Å²) in [6.45, 7) is 0. The predicted molar refractivity (Wildman–Crippen MR) is 180 cm³/mol. The van der Waals surface area contributed by atoms with Gasteiger partial charge in [-0.3, -0.25) is 9.80 Å². The van der Waals surface area contributed by atoms with Crippen LogP contribution in [0.25, 0.3) is 21.8 Å². The monoisotopic (exact) mass is 614 g/mol. The van der Waals surface area contributed by atoms with Crippen LogP contribution in [0.2, 0.25) is 10.0 Å². The average molecular weight is 616 g/mol. The molecule has 6 rings (SSSR count). The quantitative estimate of drug-likeness (QED) is 0.186. The third-order valence-electron chi connectivity index (χ3n) is 7.92. The lowest BCUT2D eigenvalue weighted by Crippen LogP contribution is -2.22. The molecule has 2 unspecified atom stereocenters. The molecule has 0 saturated carbocycles. The molecule has 222 valence electrons. The second-order valence-electron chi connectivity index (χ2n) is 11.3. The first kappa shape index (κ1) is 30.8. The van der Waals surface area contributed by atoms with Crippen LogP contribution in [0, 0.1) is 5.82 Å². The summed E-state index contributed by atoms with van der Waals surface area (Å²) in [5.74, 6) is -0.279. The van der Waals surface area contributed by atoms with E-state index in [1.54, 1.807) is 12.1 Å². The number of rotatable bonds is 6. The van der Waals surface area contributed by atoms with Gasteiger partial charge in [-0.25, -0.2) is 4.39 Å². The number of benzene rings is 4. The number of para-hydroxylation sites is 2. The van der Waals surface area contributed by atoms with Crippen molar-refractivity contribution in [3.8, 4) is 0 Å². The third-order valence-corrected chi connectivity index (χ3v) is 8.48. The largest absolute Gasteiger partial charge is 0.350 e. The molecule has 6 aromatic rings. The molecule has 0 spiro atoms. The normalized spacial score (nSPS) is 13.0. The SMILES string of the molecule is CN(C)C(c1c(F)cccc1Cl)c1cn(C)c2ccccc12.CN(C)C(c1cccc(Cl)c1)c1cn(C)c2ccccc12. The second kappa shape index (κ2) is 12.9. The Morgan fingerprint density at radius 3 is 1.65 bits per heavy atom. The maximum atomic E-state index is 14.4. The second-order valence-corrected chi connectivity index (χ2v) is 12.2. The lowest BCUT2D eigenvalue weighted by atomic mass is 9.96. The highest BCUT2D eigenvalue weighted by Crippen LogP contribution is 2.38. The molecule has 0 aliphatic carbocycles. The van der Waals surface area contributed by atoms with Crippen LogP contribution in [0.5, 0.6) is 0 Å². The Bertz CT molecular complexity index is 1850. The Kier molecular flexibility index (Phi) is 9.28. The molecule has 0 saturated heterocycles. The van der Waals surface area contributed by atoms with Gasteiger partial charge in [0.15, 0.2) is 0 Å². The number of hydrogen-bond acceptors (Lipinski definition) is 2. The van der Waals surface area contributed by atoms with Gasteiger partial charge in [0.05, 0.1) is 12.1 Å². The first-order valence-corrected chi connectivity index (χ1v) is 14.9. The highest BCUT2D eigenvalue weighted by atomic mass is 35.5. The summed E-state index contributed by atoms with van der Waals surface area (Å²) in [4.78, 5) is 4.22. The fourth-order valence-electron chi connectivity index (χ4n) is 6.08. The van der Waals surface area contributed by atoms with E-state index < -0.39 is 0 Å². The predicted octanol–water partition coefficient (Wildman–Crippen LogP) is 9.10. The van der Waals surface area contributed by atoms with Gasteiger partial charge in [-0.15, -0.1) is 0 Å². The van der Waals surface area contributed by atoms with Crippen LogP contribution in [0.1, 0.15) is 34.3 Å². The molecule has 0 amide bonds. The number of fused-ring (bicyclic) bond motifs is 2. The third kappa shape index (κ3) is 6.22. The van der Waals surface area contributed by atoms with Crippen molar-refractivity contribution < 1.29 is 4.39 Å². The summed E-state index contributed by atoms with van der Waals surface area (Å²) in [6, 6.07) is 29.6. The molecule has 2 aromatic heterocycles. The van der Waals surface area contributed by atoms with Gasteiger partial charge in [0, 0.05) is 63.9 Å². The van der Waals surface area contributed by atoms with E-state index in [-0.39, 0.29) is 17.9 Å². The number of halogens is 3. The Balaban J connectivity index is 0.000000171. The van der Waals surface area contributed by atoms with Crippen LogP contribution in [0.3, 0.4) is 0 Å². The van der Waals surface area contributed by atoms with E-state index >= 15 is 0 Å². The summed E-state index contributed by atoms with van der Waals surface area (Å²) in [6.07, 6.45) is 4.27. The average Bonchev–Trinajstić information content (AvgIpc) is 3.47. The highest BCUT2D eigenvalue weighted by molar-refractivity contribution is 6.31. The first-order valence-electron chi connectivity index (χ1n) is 14.2. The van der Waals surface area contributed by atoms with Gasteiger partial charge >= 0.3 is 0 Å². The molecular weight excluding hydrogens is 578 g/mol. The molecule has 0 bridgehead atoms. The van der Waals surface area contributed by atoms with Gasteiger partial charge in [0.1, 0.15) is 5.82 Å². The van der Waals surface area contributed by atoms with Crippen LogP contribution < -0.4 is 0 Å². The summed E-state index contributed by atoms with van der Waals surface area (Å²) in [5.41, 5.74) is 6.46. The Hall–Kier alpha value is -3.61. The lowest BCUT2D eigenvalue weighted by molar-refractivity contribution is 0.335. The van der Waals surface area contributed by atoms with Crippen LogP contribution in [0.15, 0.2) is 103 Å². The van der Waals surface area contributed by atoms with Crippen LogP contribution in [-0.2, 0) is 14.1 Å². The first-order chi connectivity index (χ1) is 20.6. The Labute approximate surface area is 263 Å². The zero-order valence-corrected chi connectivity index (χ0v) is 26.9. The molecule has 2 heterocycles. The molecule has 0 N–H and O–H groups in total. The van der Waals surface area contributed by atoms with Crippen molar-refractivity contribution >= 4 is 45.0 Å². The van der Waals surface area contributed by atoms with Crippen LogP contribution in [0.4, 0.5) is 4.39 Å². The van der Waals surface area contributed by atoms with E-state index in [2.05, 4.69) is 90.0 Å². The molecule has 7 heteroatoms. The molecular formula is C36H37Cl2FN4. The minimum absolute atomic E-state index is 0.190. The van der Waals surface area contributed by atoms with E-state index in [4.69, 9.17) is 23.2 Å². The smallest absolute Gasteiger partial charge is 0.129 e. The van der Waals surface area contributed by atoms with Crippen molar-refractivity contribution in [2.24, 2.45) is 14.1 Å². The minimum atomic E-state index is -0.279. The van der Waals surface area contributed by atoms with E-state index in [1.165, 1.54) is 28.1 Å². The maximum Gasteiger partial charge on any atom is 0.129 e.